The van der Waals surface area contributed by atoms with Gasteiger partial charge in [0.1, 0.15) is 5.54 Å². The van der Waals surface area contributed by atoms with Gasteiger partial charge in [0.25, 0.3) is 5.91 Å². The number of hydrogen-bond donors (Lipinski definition) is 1. The Morgan fingerprint density at radius 1 is 1.19 bits per heavy atom. The number of carbonyl (C=O) groups is 2. The van der Waals surface area contributed by atoms with Gasteiger partial charge in [-0.25, -0.2) is 0 Å². The second-order valence-electron chi connectivity index (χ2n) is 9.15. The fourth-order valence-electron chi connectivity index (χ4n) is 4.07. The number of rotatable bonds is 4. The summed E-state index contributed by atoms with van der Waals surface area (Å²) >= 11 is 0. The minimum Gasteiger partial charge on any atom is -0.369 e. The van der Waals surface area contributed by atoms with Crippen LogP contribution in [0.2, 0.25) is 0 Å². The number of hydrogen-bond acceptors (Lipinski definition) is 3. The number of benzene rings is 1. The van der Waals surface area contributed by atoms with Crippen LogP contribution >= 0.6 is 0 Å². The zero-order valence-electron chi connectivity index (χ0n) is 17.2. The molecule has 0 bridgehead atoms. The summed E-state index contributed by atoms with van der Waals surface area (Å²) in [5, 5.41) is 3.55. The monoisotopic (exact) mass is 371 g/mol. The topological polar surface area (TPSA) is 52.7 Å². The zero-order valence-corrected chi connectivity index (χ0v) is 17.2. The third-order valence-corrected chi connectivity index (χ3v) is 5.61. The van der Waals surface area contributed by atoms with Gasteiger partial charge in [0.2, 0.25) is 5.91 Å². The molecular weight excluding hydrogens is 338 g/mol. The van der Waals surface area contributed by atoms with Crippen molar-refractivity contribution in [2.75, 3.05) is 29.9 Å². The summed E-state index contributed by atoms with van der Waals surface area (Å²) in [6, 6.07) is 8.07. The van der Waals surface area contributed by atoms with Gasteiger partial charge in [-0.1, -0.05) is 46.2 Å². The van der Waals surface area contributed by atoms with E-state index in [1.165, 1.54) is 0 Å². The fourth-order valence-corrected chi connectivity index (χ4v) is 4.07. The highest BCUT2D eigenvalue weighted by atomic mass is 16.2. The summed E-state index contributed by atoms with van der Waals surface area (Å²) in [6.45, 7) is 10.4. The number of carbonyl (C=O) groups excluding carboxylic acids is 2. The van der Waals surface area contributed by atoms with E-state index in [1.54, 1.807) is 0 Å². The average molecular weight is 372 g/mol. The molecule has 2 amide bonds. The first kappa shape index (κ1) is 19.7. The molecule has 5 heteroatoms. The maximum Gasteiger partial charge on any atom is 0.252 e. The van der Waals surface area contributed by atoms with Gasteiger partial charge in [-0.3, -0.25) is 9.59 Å². The number of likely N-dealkylation sites (tertiary alicyclic amines) is 1. The fraction of sp³-hybridized carbons (Fsp3) is 0.636. The molecule has 148 valence electrons. The summed E-state index contributed by atoms with van der Waals surface area (Å²) in [5.74, 6) is 0.362. The van der Waals surface area contributed by atoms with E-state index in [0.717, 1.165) is 30.8 Å². The summed E-state index contributed by atoms with van der Waals surface area (Å²) in [6.07, 6.45) is 3.93. The Morgan fingerprint density at radius 2 is 1.85 bits per heavy atom. The van der Waals surface area contributed by atoms with Gasteiger partial charge in [-0.05, 0) is 36.8 Å². The predicted octanol–water partition coefficient (Wildman–Crippen LogP) is 4.04. The van der Waals surface area contributed by atoms with Crippen molar-refractivity contribution in [1.82, 2.24) is 4.90 Å². The van der Waals surface area contributed by atoms with E-state index in [2.05, 4.69) is 39.1 Å². The van der Waals surface area contributed by atoms with E-state index in [4.69, 9.17) is 0 Å². The molecule has 0 unspecified atom stereocenters. The number of fused-ring (bicyclic) bond motifs is 1. The van der Waals surface area contributed by atoms with Gasteiger partial charge in [0.15, 0.2) is 0 Å². The smallest absolute Gasteiger partial charge is 0.252 e. The largest absolute Gasteiger partial charge is 0.369 e. The molecule has 1 saturated heterocycles. The molecule has 0 radical (unpaired) electrons. The van der Waals surface area contributed by atoms with Crippen LogP contribution in [0.1, 0.15) is 59.8 Å². The van der Waals surface area contributed by atoms with Crippen LogP contribution in [-0.2, 0) is 9.59 Å². The van der Waals surface area contributed by atoms with Crippen LogP contribution in [0.3, 0.4) is 0 Å². The lowest BCUT2D eigenvalue weighted by atomic mass is 9.82. The van der Waals surface area contributed by atoms with Crippen molar-refractivity contribution >= 4 is 23.2 Å². The van der Waals surface area contributed by atoms with Gasteiger partial charge >= 0.3 is 0 Å². The number of para-hydroxylation sites is 2. The number of piperidine rings is 1. The van der Waals surface area contributed by atoms with Crippen molar-refractivity contribution in [3.05, 3.63) is 24.3 Å². The molecule has 0 aromatic heterocycles. The summed E-state index contributed by atoms with van der Waals surface area (Å²) in [5.41, 5.74) is 1.41. The molecule has 1 N–H and O–H groups in total. The molecule has 2 aliphatic rings. The standard InChI is InChI=1S/C22H33N3O2/c1-5-6-13-25-18-10-8-7-9-17(18)23-22(20(25)27)11-14-24(15-12-22)19(26)16-21(2,3)4/h7-10,23H,5-6,11-16H2,1-4H3. The lowest BCUT2D eigenvalue weighted by Gasteiger charge is -2.48. The van der Waals surface area contributed by atoms with E-state index in [9.17, 15) is 9.59 Å². The molecule has 1 fully saturated rings. The van der Waals surface area contributed by atoms with Gasteiger partial charge in [0, 0.05) is 26.1 Å². The summed E-state index contributed by atoms with van der Waals surface area (Å²) < 4.78 is 0. The number of anilines is 2. The summed E-state index contributed by atoms with van der Waals surface area (Å²) in [7, 11) is 0. The lowest BCUT2D eigenvalue weighted by molar-refractivity contribution is -0.136. The van der Waals surface area contributed by atoms with Crippen molar-refractivity contribution < 1.29 is 9.59 Å². The molecule has 2 aliphatic heterocycles. The second-order valence-corrected chi connectivity index (χ2v) is 9.15. The highest BCUT2D eigenvalue weighted by molar-refractivity contribution is 6.08. The van der Waals surface area contributed by atoms with E-state index in [-0.39, 0.29) is 17.2 Å². The van der Waals surface area contributed by atoms with Crippen molar-refractivity contribution in [2.45, 2.75) is 65.3 Å². The van der Waals surface area contributed by atoms with Crippen LogP contribution in [0.25, 0.3) is 0 Å². The van der Waals surface area contributed by atoms with Crippen molar-refractivity contribution in [3.63, 3.8) is 0 Å². The molecule has 27 heavy (non-hydrogen) atoms. The quantitative estimate of drug-likeness (QED) is 0.869. The van der Waals surface area contributed by atoms with Gasteiger partial charge in [-0.15, -0.1) is 0 Å². The van der Waals surface area contributed by atoms with Crippen LogP contribution < -0.4 is 10.2 Å². The molecule has 2 heterocycles. The van der Waals surface area contributed by atoms with Crippen molar-refractivity contribution in [1.29, 1.82) is 0 Å². The molecule has 1 aromatic rings. The molecule has 1 aromatic carbocycles. The Kier molecular flexibility index (Phi) is 5.50. The molecule has 5 nitrogen and oxygen atoms in total. The SMILES string of the molecule is CCCCN1C(=O)C2(CCN(C(=O)CC(C)(C)C)CC2)Nc2ccccc21. The average Bonchev–Trinajstić information content (AvgIpc) is 2.61. The van der Waals surface area contributed by atoms with Gasteiger partial charge in [-0.2, -0.15) is 0 Å². The normalized spacial score (nSPS) is 19.0. The van der Waals surface area contributed by atoms with E-state index >= 15 is 0 Å². The Hall–Kier alpha value is -2.04. The first-order valence-electron chi connectivity index (χ1n) is 10.2. The Bertz CT molecular complexity index is 700. The third kappa shape index (κ3) is 4.12. The number of nitrogens with one attached hydrogen (secondary N) is 1. The molecule has 1 spiro atoms. The van der Waals surface area contributed by atoms with Crippen LogP contribution in [0, 0.1) is 5.41 Å². The minimum absolute atomic E-state index is 0.0129. The highest BCUT2D eigenvalue weighted by Crippen LogP contribution is 2.40. The van der Waals surface area contributed by atoms with Crippen LogP contribution in [0.5, 0.6) is 0 Å². The van der Waals surface area contributed by atoms with E-state index < -0.39 is 5.54 Å². The number of amides is 2. The molecule has 0 saturated carbocycles. The lowest BCUT2D eigenvalue weighted by Crippen LogP contribution is -2.62. The molecular formula is C22H33N3O2. The number of unbranched alkanes of at least 4 members (excludes halogenated alkanes) is 1. The van der Waals surface area contributed by atoms with Crippen LogP contribution in [-0.4, -0.2) is 41.9 Å². The summed E-state index contributed by atoms with van der Waals surface area (Å²) in [4.78, 5) is 29.9. The van der Waals surface area contributed by atoms with E-state index in [1.807, 2.05) is 28.0 Å². The van der Waals surface area contributed by atoms with Crippen LogP contribution in [0.15, 0.2) is 24.3 Å². The first-order chi connectivity index (χ1) is 12.8. The Morgan fingerprint density at radius 3 is 2.48 bits per heavy atom. The molecule has 0 atom stereocenters. The highest BCUT2D eigenvalue weighted by Gasteiger charge is 2.48. The zero-order chi connectivity index (χ0) is 19.7. The second kappa shape index (κ2) is 7.53. The van der Waals surface area contributed by atoms with Crippen molar-refractivity contribution in [3.8, 4) is 0 Å². The number of nitrogens with zero attached hydrogens (tertiary/aromatic N) is 2. The minimum atomic E-state index is -0.583. The van der Waals surface area contributed by atoms with Crippen molar-refractivity contribution in [2.24, 2.45) is 5.41 Å². The van der Waals surface area contributed by atoms with Gasteiger partial charge in [0.05, 0.1) is 11.4 Å². The Labute approximate surface area is 163 Å². The molecule has 0 aliphatic carbocycles. The van der Waals surface area contributed by atoms with Gasteiger partial charge < -0.3 is 15.1 Å². The maximum absolute atomic E-state index is 13.4. The predicted molar refractivity (Wildman–Crippen MR) is 110 cm³/mol. The van der Waals surface area contributed by atoms with E-state index in [0.29, 0.717) is 32.4 Å². The maximum atomic E-state index is 13.4. The Balaban J connectivity index is 1.77. The van der Waals surface area contributed by atoms with Crippen LogP contribution in [0.4, 0.5) is 11.4 Å². The first-order valence-corrected chi connectivity index (χ1v) is 10.2. The third-order valence-electron chi connectivity index (χ3n) is 5.61. The molecule has 3 rings (SSSR count).